The van der Waals surface area contributed by atoms with Crippen LogP contribution in [0.5, 0.6) is 0 Å². The smallest absolute Gasteiger partial charge is 0.335 e. The van der Waals surface area contributed by atoms with Crippen LogP contribution in [0.2, 0.25) is 0 Å². The third kappa shape index (κ3) is 5.75. The van der Waals surface area contributed by atoms with Gasteiger partial charge in [-0.1, -0.05) is 30.7 Å². The molecule has 1 amide bonds. The zero-order chi connectivity index (χ0) is 29.1. The number of hydrogen-bond acceptors (Lipinski definition) is 5. The minimum Gasteiger partial charge on any atom is -0.478 e. The Kier molecular flexibility index (Phi) is 7.81. The SMILES string of the molecule is CC1=NN(c2ccc(C(=O)O)cc2)C(=O)/C1=C\C(C)/C=C/C(C)=C\c1c(C)[nH]n(-c2ccc(C(=O)O)cc2)c1=O. The number of carbonyl (C=O) groups excluding carboxylic acids is 1. The van der Waals surface area contributed by atoms with Gasteiger partial charge in [0.2, 0.25) is 0 Å². The molecular formula is C30H28N4O6. The second kappa shape index (κ2) is 11.2. The number of carbonyl (C=O) groups is 3. The summed E-state index contributed by atoms with van der Waals surface area (Å²) in [5.74, 6) is -2.51. The number of aromatic carboxylic acids is 2. The Bertz CT molecular complexity index is 1670. The van der Waals surface area contributed by atoms with Crippen molar-refractivity contribution in [2.24, 2.45) is 11.0 Å². The second-order valence-electron chi connectivity index (χ2n) is 9.48. The maximum absolute atomic E-state index is 13.0. The number of nitrogens with zero attached hydrogens (tertiary/aromatic N) is 3. The minimum atomic E-state index is -1.05. The Balaban J connectivity index is 1.49. The number of aromatic amines is 1. The Morgan fingerprint density at radius 3 is 2.02 bits per heavy atom. The molecule has 1 aliphatic heterocycles. The largest absolute Gasteiger partial charge is 0.478 e. The fourth-order valence-electron chi connectivity index (χ4n) is 4.19. The lowest BCUT2D eigenvalue weighted by atomic mass is 10.0. The van der Waals surface area contributed by atoms with Crippen LogP contribution in [0, 0.1) is 12.8 Å². The quantitative estimate of drug-likeness (QED) is 0.276. The molecule has 3 N–H and O–H groups in total. The monoisotopic (exact) mass is 540 g/mol. The van der Waals surface area contributed by atoms with Gasteiger partial charge in [0.1, 0.15) is 0 Å². The molecular weight excluding hydrogens is 512 g/mol. The molecule has 0 saturated heterocycles. The highest BCUT2D eigenvalue weighted by atomic mass is 16.4. The molecule has 0 bridgehead atoms. The van der Waals surface area contributed by atoms with Gasteiger partial charge in [0.15, 0.2) is 0 Å². The lowest BCUT2D eigenvalue weighted by Crippen LogP contribution is -2.21. The first-order valence-electron chi connectivity index (χ1n) is 12.4. The number of allylic oxidation sites excluding steroid dienone is 4. The zero-order valence-electron chi connectivity index (χ0n) is 22.4. The predicted octanol–water partition coefficient (Wildman–Crippen LogP) is 4.82. The van der Waals surface area contributed by atoms with E-state index in [0.29, 0.717) is 33.9 Å². The van der Waals surface area contributed by atoms with Gasteiger partial charge < -0.3 is 10.2 Å². The fourth-order valence-corrected chi connectivity index (χ4v) is 4.19. The molecule has 1 aromatic heterocycles. The van der Waals surface area contributed by atoms with Crippen molar-refractivity contribution in [2.45, 2.75) is 27.7 Å². The molecule has 2 heterocycles. The van der Waals surface area contributed by atoms with E-state index in [9.17, 15) is 19.2 Å². The van der Waals surface area contributed by atoms with Crippen molar-refractivity contribution in [3.63, 3.8) is 0 Å². The van der Waals surface area contributed by atoms with Crippen LogP contribution in [-0.4, -0.2) is 43.6 Å². The Morgan fingerprint density at radius 1 is 0.925 bits per heavy atom. The molecule has 1 atom stereocenters. The molecule has 0 spiro atoms. The molecule has 4 rings (SSSR count). The molecule has 2 aromatic carbocycles. The first kappa shape index (κ1) is 27.8. The van der Waals surface area contributed by atoms with Crippen LogP contribution in [-0.2, 0) is 4.79 Å². The van der Waals surface area contributed by atoms with Crippen LogP contribution in [0.25, 0.3) is 11.8 Å². The molecule has 0 saturated carbocycles. The van der Waals surface area contributed by atoms with Crippen LogP contribution in [0.1, 0.15) is 52.7 Å². The minimum absolute atomic E-state index is 0.122. The summed E-state index contributed by atoms with van der Waals surface area (Å²) in [7, 11) is 0. The standard InChI is InChI=1S/C30H28N4O6/c1-17(15-25-19(3)31-33(27(25)35)23-11-7-21(8-12-23)29(37)38)5-6-18(2)16-26-20(4)32-34(28(26)36)24-13-9-22(10-14-24)30(39)40/h5-17,32H,1-4H3,(H,37,38)(H,39,40)/b6-5+,18-16-,25-15-. The summed E-state index contributed by atoms with van der Waals surface area (Å²) < 4.78 is 1.37. The third-order valence-electron chi connectivity index (χ3n) is 6.38. The number of carboxylic acids is 2. The van der Waals surface area contributed by atoms with Crippen molar-refractivity contribution in [3.05, 3.63) is 111 Å². The normalized spacial score (nSPS) is 15.7. The Hall–Kier alpha value is -5.25. The van der Waals surface area contributed by atoms with Gasteiger partial charge in [-0.05, 0) is 81.3 Å². The number of rotatable bonds is 8. The number of aromatic nitrogens is 2. The van der Waals surface area contributed by atoms with Crippen molar-refractivity contribution in [1.82, 2.24) is 9.78 Å². The number of hydrogen-bond donors (Lipinski definition) is 3. The Morgan fingerprint density at radius 2 is 1.48 bits per heavy atom. The van der Waals surface area contributed by atoms with Crippen molar-refractivity contribution in [1.29, 1.82) is 0 Å². The molecule has 0 fully saturated rings. The summed E-state index contributed by atoms with van der Waals surface area (Å²) in [5.41, 5.74) is 3.97. The van der Waals surface area contributed by atoms with Gasteiger partial charge in [-0.25, -0.2) is 14.3 Å². The number of carboxylic acid groups (broad SMARTS) is 2. The highest BCUT2D eigenvalue weighted by Crippen LogP contribution is 2.25. The first-order valence-corrected chi connectivity index (χ1v) is 12.4. The summed E-state index contributed by atoms with van der Waals surface area (Å²) in [6.45, 7) is 7.32. The topological polar surface area (TPSA) is 145 Å². The molecule has 10 nitrogen and oxygen atoms in total. The molecule has 3 aromatic rings. The Labute approximate surface area is 229 Å². The van der Waals surface area contributed by atoms with Gasteiger partial charge in [0.05, 0.1) is 39.3 Å². The lowest BCUT2D eigenvalue weighted by Gasteiger charge is -2.12. The number of nitrogens with one attached hydrogen (secondary N) is 1. The van der Waals surface area contributed by atoms with E-state index in [1.165, 1.54) is 34.0 Å². The fraction of sp³-hybridized carbons (Fsp3) is 0.167. The van der Waals surface area contributed by atoms with Gasteiger partial charge in [0, 0.05) is 5.69 Å². The van der Waals surface area contributed by atoms with E-state index >= 15 is 0 Å². The molecule has 0 radical (unpaired) electrons. The third-order valence-corrected chi connectivity index (χ3v) is 6.38. The highest BCUT2D eigenvalue weighted by molar-refractivity contribution is 6.29. The molecule has 1 aliphatic rings. The second-order valence-corrected chi connectivity index (χ2v) is 9.48. The van der Waals surface area contributed by atoms with E-state index in [4.69, 9.17) is 10.2 Å². The van der Waals surface area contributed by atoms with Gasteiger partial charge in [-0.2, -0.15) is 10.1 Å². The summed E-state index contributed by atoms with van der Waals surface area (Å²) in [6, 6.07) is 11.9. The molecule has 204 valence electrons. The van der Waals surface area contributed by atoms with E-state index in [0.717, 1.165) is 5.57 Å². The van der Waals surface area contributed by atoms with Crippen LogP contribution in [0.3, 0.4) is 0 Å². The molecule has 1 unspecified atom stereocenters. The first-order chi connectivity index (χ1) is 19.0. The van der Waals surface area contributed by atoms with Gasteiger partial charge in [-0.3, -0.25) is 14.7 Å². The van der Waals surface area contributed by atoms with E-state index in [1.807, 2.05) is 32.1 Å². The number of H-pyrrole nitrogens is 1. The number of hydrazone groups is 1. The molecule has 10 heteroatoms. The lowest BCUT2D eigenvalue weighted by molar-refractivity contribution is -0.114. The number of aryl methyl sites for hydroxylation is 1. The number of benzene rings is 2. The van der Waals surface area contributed by atoms with E-state index in [1.54, 1.807) is 44.2 Å². The van der Waals surface area contributed by atoms with Crippen LogP contribution in [0.15, 0.2) is 87.8 Å². The number of amides is 1. The van der Waals surface area contributed by atoms with Gasteiger partial charge in [0.25, 0.3) is 11.5 Å². The summed E-state index contributed by atoms with van der Waals surface area (Å²) in [6.07, 6.45) is 7.36. The molecule has 0 aliphatic carbocycles. The van der Waals surface area contributed by atoms with Crippen molar-refractivity contribution in [3.8, 4) is 5.69 Å². The highest BCUT2D eigenvalue weighted by Gasteiger charge is 2.29. The molecule has 40 heavy (non-hydrogen) atoms. The van der Waals surface area contributed by atoms with Crippen molar-refractivity contribution < 1.29 is 24.6 Å². The van der Waals surface area contributed by atoms with Crippen molar-refractivity contribution >= 4 is 35.3 Å². The summed E-state index contributed by atoms with van der Waals surface area (Å²) in [4.78, 5) is 48.3. The zero-order valence-corrected chi connectivity index (χ0v) is 22.4. The van der Waals surface area contributed by atoms with E-state index in [-0.39, 0.29) is 28.5 Å². The van der Waals surface area contributed by atoms with Crippen LogP contribution < -0.4 is 10.6 Å². The van der Waals surface area contributed by atoms with Crippen LogP contribution in [0.4, 0.5) is 5.69 Å². The average molecular weight is 541 g/mol. The van der Waals surface area contributed by atoms with Crippen LogP contribution >= 0.6 is 0 Å². The van der Waals surface area contributed by atoms with E-state index in [2.05, 4.69) is 10.2 Å². The summed E-state index contributed by atoms with van der Waals surface area (Å²) in [5, 5.41) is 26.8. The van der Waals surface area contributed by atoms with E-state index < -0.39 is 11.9 Å². The predicted molar refractivity (Wildman–Crippen MR) is 152 cm³/mol. The van der Waals surface area contributed by atoms with Crippen molar-refractivity contribution in [2.75, 3.05) is 5.01 Å². The van der Waals surface area contributed by atoms with Gasteiger partial charge >= 0.3 is 11.9 Å². The summed E-state index contributed by atoms with van der Waals surface area (Å²) >= 11 is 0. The van der Waals surface area contributed by atoms with Gasteiger partial charge in [-0.15, -0.1) is 0 Å². The maximum atomic E-state index is 13.0. The maximum Gasteiger partial charge on any atom is 0.335 e. The number of anilines is 1. The average Bonchev–Trinajstić information content (AvgIpc) is 3.37.